The molecular formula is C21H26N6O4. The zero-order chi connectivity index (χ0) is 21.6. The molecule has 0 radical (unpaired) electrons. The van der Waals surface area contributed by atoms with Gasteiger partial charge in [-0.2, -0.15) is 15.1 Å². The fourth-order valence-corrected chi connectivity index (χ4v) is 3.25. The lowest BCUT2D eigenvalue weighted by atomic mass is 10.1. The highest BCUT2D eigenvalue weighted by Crippen LogP contribution is 2.24. The molecule has 0 bridgehead atoms. The summed E-state index contributed by atoms with van der Waals surface area (Å²) in [5, 5.41) is 26.6. The second-order valence-corrected chi connectivity index (χ2v) is 7.13. The number of anilines is 1. The van der Waals surface area contributed by atoms with Crippen LogP contribution in [-0.4, -0.2) is 82.6 Å². The third-order valence-corrected chi connectivity index (χ3v) is 4.92. The van der Waals surface area contributed by atoms with Crippen LogP contribution in [0.15, 0.2) is 42.6 Å². The van der Waals surface area contributed by atoms with Gasteiger partial charge in [-0.25, -0.2) is 4.68 Å². The lowest BCUT2D eigenvalue weighted by Crippen LogP contribution is -2.44. The first kappa shape index (κ1) is 21.0. The van der Waals surface area contributed by atoms with Crippen molar-refractivity contribution in [1.29, 1.82) is 0 Å². The third-order valence-electron chi connectivity index (χ3n) is 4.92. The summed E-state index contributed by atoms with van der Waals surface area (Å²) in [7, 11) is 1.63. The molecule has 1 aliphatic heterocycles. The molecule has 1 unspecified atom stereocenters. The molecule has 0 amide bonds. The number of aliphatic hydroxyl groups excluding tert-OH is 2. The number of aromatic nitrogens is 4. The molecule has 0 saturated carbocycles. The van der Waals surface area contributed by atoms with Gasteiger partial charge in [0.2, 0.25) is 0 Å². The monoisotopic (exact) mass is 426 g/mol. The Morgan fingerprint density at radius 1 is 1.13 bits per heavy atom. The molecule has 164 valence electrons. The maximum Gasteiger partial charge on any atom is 0.320 e. The van der Waals surface area contributed by atoms with Crippen molar-refractivity contribution in [2.75, 3.05) is 51.4 Å². The zero-order valence-corrected chi connectivity index (χ0v) is 17.3. The second kappa shape index (κ2) is 9.73. The number of hydrogen-bond acceptors (Lipinski definition) is 9. The van der Waals surface area contributed by atoms with Crippen molar-refractivity contribution < 1.29 is 19.7 Å². The molecule has 3 aromatic rings. The molecule has 1 saturated heterocycles. The maximum atomic E-state index is 9.62. The molecule has 1 fully saturated rings. The van der Waals surface area contributed by atoms with Gasteiger partial charge < -0.3 is 29.9 Å². The normalized spacial score (nSPS) is 15.0. The number of hydrogen-bond donors (Lipinski definition) is 3. The third kappa shape index (κ3) is 5.10. The fraction of sp³-hybridized carbons (Fsp3) is 0.381. The topological polar surface area (TPSA) is 118 Å². The van der Waals surface area contributed by atoms with Crippen LogP contribution in [0.25, 0.3) is 17.1 Å². The van der Waals surface area contributed by atoms with Crippen LogP contribution in [0.4, 0.5) is 5.82 Å². The predicted molar refractivity (Wildman–Crippen MR) is 115 cm³/mol. The van der Waals surface area contributed by atoms with Crippen LogP contribution in [0.3, 0.4) is 0 Å². The van der Waals surface area contributed by atoms with Crippen molar-refractivity contribution in [2.45, 2.75) is 6.10 Å². The quantitative estimate of drug-likeness (QED) is 0.473. The molecule has 1 atom stereocenters. The Morgan fingerprint density at radius 2 is 1.94 bits per heavy atom. The summed E-state index contributed by atoms with van der Waals surface area (Å²) >= 11 is 0. The van der Waals surface area contributed by atoms with Crippen LogP contribution in [-0.2, 0) is 0 Å². The van der Waals surface area contributed by atoms with E-state index in [-0.39, 0.29) is 12.6 Å². The molecule has 10 nitrogen and oxygen atoms in total. The van der Waals surface area contributed by atoms with E-state index in [0.29, 0.717) is 5.82 Å². The van der Waals surface area contributed by atoms with E-state index in [1.165, 1.54) is 0 Å². The van der Waals surface area contributed by atoms with Crippen molar-refractivity contribution in [1.82, 2.24) is 25.1 Å². The summed E-state index contributed by atoms with van der Waals surface area (Å²) in [6, 6.07) is 11.6. The predicted octanol–water partition coefficient (Wildman–Crippen LogP) is 0.479. The van der Waals surface area contributed by atoms with Crippen LogP contribution >= 0.6 is 0 Å². The molecule has 10 heteroatoms. The van der Waals surface area contributed by atoms with Gasteiger partial charge in [-0.1, -0.05) is 12.1 Å². The van der Waals surface area contributed by atoms with E-state index < -0.39 is 12.7 Å². The Morgan fingerprint density at radius 3 is 2.71 bits per heavy atom. The van der Waals surface area contributed by atoms with Gasteiger partial charge in [0, 0.05) is 44.0 Å². The van der Waals surface area contributed by atoms with Crippen LogP contribution in [0.2, 0.25) is 0 Å². The Hall–Kier alpha value is -3.21. The minimum Gasteiger partial charge on any atom is -0.497 e. The minimum atomic E-state index is -1.00. The van der Waals surface area contributed by atoms with E-state index in [9.17, 15) is 5.11 Å². The van der Waals surface area contributed by atoms with Gasteiger partial charge in [-0.05, 0) is 18.2 Å². The highest BCUT2D eigenvalue weighted by Gasteiger charge is 2.17. The second-order valence-electron chi connectivity index (χ2n) is 7.13. The van der Waals surface area contributed by atoms with Crippen molar-refractivity contribution in [3.8, 4) is 28.8 Å². The van der Waals surface area contributed by atoms with Gasteiger partial charge in [0.15, 0.2) is 5.82 Å². The van der Waals surface area contributed by atoms with Crippen molar-refractivity contribution in [3.63, 3.8) is 0 Å². The Kier molecular flexibility index (Phi) is 6.60. The average Bonchev–Trinajstić information content (AvgIpc) is 3.33. The highest BCUT2D eigenvalue weighted by molar-refractivity contribution is 5.61. The molecule has 3 heterocycles. The Labute approximate surface area is 180 Å². The smallest absolute Gasteiger partial charge is 0.320 e. The van der Waals surface area contributed by atoms with Gasteiger partial charge in [0.05, 0.1) is 19.4 Å². The molecule has 0 spiro atoms. The molecule has 31 heavy (non-hydrogen) atoms. The van der Waals surface area contributed by atoms with E-state index in [4.69, 9.17) is 14.6 Å². The van der Waals surface area contributed by atoms with Crippen molar-refractivity contribution in [3.05, 3.63) is 42.6 Å². The van der Waals surface area contributed by atoms with E-state index in [1.807, 2.05) is 42.6 Å². The van der Waals surface area contributed by atoms with E-state index >= 15 is 0 Å². The Balaban J connectivity index is 1.65. The molecule has 1 aromatic carbocycles. The van der Waals surface area contributed by atoms with Crippen LogP contribution in [0, 0.1) is 0 Å². The number of ether oxygens (including phenoxy) is 2. The fourth-order valence-electron chi connectivity index (χ4n) is 3.25. The number of piperazine rings is 1. The number of nitrogens with one attached hydrogen (secondary N) is 1. The first-order valence-corrected chi connectivity index (χ1v) is 10.1. The van der Waals surface area contributed by atoms with E-state index in [0.717, 1.165) is 49.0 Å². The summed E-state index contributed by atoms with van der Waals surface area (Å²) in [5.74, 6) is 2.03. The van der Waals surface area contributed by atoms with Crippen molar-refractivity contribution >= 4 is 5.82 Å². The molecular weight excluding hydrogens is 400 g/mol. The number of aliphatic hydroxyl groups is 2. The summed E-state index contributed by atoms with van der Waals surface area (Å²) in [5.41, 5.74) is 1.71. The molecule has 4 rings (SSSR count). The highest BCUT2D eigenvalue weighted by atomic mass is 16.5. The SMILES string of the molecule is COc1cccc(-c2ccn(-c3cc(N4CCNCC4)nc(OCC(O)CO)n3)n2)c1. The average molecular weight is 426 g/mol. The molecule has 1 aliphatic rings. The van der Waals surface area contributed by atoms with Crippen LogP contribution < -0.4 is 19.7 Å². The van der Waals surface area contributed by atoms with Gasteiger partial charge in [0.1, 0.15) is 24.3 Å². The summed E-state index contributed by atoms with van der Waals surface area (Å²) < 4.78 is 12.5. The summed E-state index contributed by atoms with van der Waals surface area (Å²) in [6.45, 7) is 2.84. The maximum absolute atomic E-state index is 9.62. The molecule has 0 aliphatic carbocycles. The standard InChI is InChI=1S/C21H26N6O4/c1-30-17-4-2-3-15(11-17)18-5-8-27(25-18)20-12-19(26-9-6-22-7-10-26)23-21(24-20)31-14-16(29)13-28/h2-5,8,11-12,16,22,28-29H,6-7,9-10,13-14H2,1H3. The van der Waals surface area contributed by atoms with Crippen LogP contribution in [0.1, 0.15) is 0 Å². The summed E-state index contributed by atoms with van der Waals surface area (Å²) in [4.78, 5) is 11.1. The van der Waals surface area contributed by atoms with Gasteiger partial charge in [-0.3, -0.25) is 0 Å². The minimum absolute atomic E-state index is 0.102. The zero-order valence-electron chi connectivity index (χ0n) is 17.3. The lowest BCUT2D eigenvalue weighted by Gasteiger charge is -2.28. The lowest BCUT2D eigenvalue weighted by molar-refractivity contribution is 0.0504. The number of benzene rings is 1. The van der Waals surface area contributed by atoms with Gasteiger partial charge in [-0.15, -0.1) is 0 Å². The number of nitrogens with zero attached hydrogens (tertiary/aromatic N) is 5. The van der Waals surface area contributed by atoms with Crippen molar-refractivity contribution in [2.24, 2.45) is 0 Å². The number of methoxy groups -OCH3 is 1. The number of rotatable bonds is 8. The first-order chi connectivity index (χ1) is 15.2. The molecule has 2 aromatic heterocycles. The largest absolute Gasteiger partial charge is 0.497 e. The van der Waals surface area contributed by atoms with E-state index in [2.05, 4.69) is 25.3 Å². The van der Waals surface area contributed by atoms with E-state index in [1.54, 1.807) is 11.8 Å². The molecule has 3 N–H and O–H groups in total. The Bertz CT molecular complexity index is 1010. The van der Waals surface area contributed by atoms with Gasteiger partial charge >= 0.3 is 6.01 Å². The first-order valence-electron chi connectivity index (χ1n) is 10.1. The van der Waals surface area contributed by atoms with Gasteiger partial charge in [0.25, 0.3) is 0 Å². The summed E-state index contributed by atoms with van der Waals surface area (Å²) in [6.07, 6.45) is 0.824. The van der Waals surface area contributed by atoms with Crippen LogP contribution in [0.5, 0.6) is 11.8 Å².